The molecule has 1 aromatic heterocycles. The summed E-state index contributed by atoms with van der Waals surface area (Å²) in [5.41, 5.74) is 1.92. The monoisotopic (exact) mass is 504 g/mol. The number of ether oxygens (including phenoxy) is 1. The minimum Gasteiger partial charge on any atom is -0.480 e. The molecule has 2 unspecified atom stereocenters. The lowest BCUT2D eigenvalue weighted by Crippen LogP contribution is -2.37. The van der Waals surface area contributed by atoms with E-state index in [2.05, 4.69) is 11.6 Å². The number of rotatable bonds is 11. The van der Waals surface area contributed by atoms with Crippen LogP contribution in [0.1, 0.15) is 58.9 Å². The second-order valence-corrected chi connectivity index (χ2v) is 8.60. The average molecular weight is 505 g/mol. The highest BCUT2D eigenvalue weighted by Crippen LogP contribution is 2.20. The number of carboxylic acids is 1. The molecular formula is C28H44N2O4S. The topological polar surface area (TPSA) is 75.8 Å². The second-order valence-electron chi connectivity index (χ2n) is 7.60. The Morgan fingerprint density at radius 3 is 2.63 bits per heavy atom. The fourth-order valence-electron chi connectivity index (χ4n) is 2.83. The first-order valence-corrected chi connectivity index (χ1v) is 13.3. The smallest absolute Gasteiger partial charge is 0.321 e. The Balaban J connectivity index is 0.00000174. The molecule has 196 valence electrons. The van der Waals surface area contributed by atoms with Crippen molar-refractivity contribution in [2.24, 2.45) is 0 Å². The molecule has 7 heteroatoms. The second kappa shape index (κ2) is 19.9. The quantitative estimate of drug-likeness (QED) is 0.264. The zero-order valence-electron chi connectivity index (χ0n) is 22.5. The van der Waals surface area contributed by atoms with E-state index in [0.717, 1.165) is 22.9 Å². The van der Waals surface area contributed by atoms with E-state index in [-0.39, 0.29) is 6.10 Å². The Hall–Kier alpha value is -2.35. The summed E-state index contributed by atoms with van der Waals surface area (Å²) in [5.74, 6) is 2.06. The number of allylic oxidation sites excluding steroid dienone is 7. The number of aromatic nitrogens is 1. The van der Waals surface area contributed by atoms with Gasteiger partial charge in [0.15, 0.2) is 5.89 Å². The summed E-state index contributed by atoms with van der Waals surface area (Å²) in [4.78, 5) is 17.7. The molecule has 2 atom stereocenters. The van der Waals surface area contributed by atoms with E-state index in [9.17, 15) is 9.90 Å². The number of aryl methyl sites for hydroxylation is 1. The lowest BCUT2D eigenvalue weighted by Gasteiger charge is -2.18. The van der Waals surface area contributed by atoms with Gasteiger partial charge in [-0.1, -0.05) is 74.6 Å². The van der Waals surface area contributed by atoms with Gasteiger partial charge >= 0.3 is 5.97 Å². The van der Waals surface area contributed by atoms with Gasteiger partial charge in [-0.25, -0.2) is 4.98 Å². The van der Waals surface area contributed by atoms with Crippen LogP contribution in [0.5, 0.6) is 0 Å². The van der Waals surface area contributed by atoms with E-state index in [1.54, 1.807) is 17.8 Å². The van der Waals surface area contributed by atoms with Gasteiger partial charge in [0.05, 0.1) is 12.7 Å². The summed E-state index contributed by atoms with van der Waals surface area (Å²) >= 11 is 1.65. The van der Waals surface area contributed by atoms with Crippen LogP contribution in [-0.2, 0) is 22.6 Å². The van der Waals surface area contributed by atoms with Gasteiger partial charge in [0.2, 0.25) is 0 Å². The molecule has 0 aromatic carbocycles. The summed E-state index contributed by atoms with van der Waals surface area (Å²) < 4.78 is 11.6. The summed E-state index contributed by atoms with van der Waals surface area (Å²) in [6.45, 7) is 18.5. The molecule has 0 radical (unpaired) electrons. The predicted octanol–water partition coefficient (Wildman–Crippen LogP) is 6.74. The fourth-order valence-corrected chi connectivity index (χ4v) is 4.04. The van der Waals surface area contributed by atoms with E-state index < -0.39 is 12.0 Å². The first-order chi connectivity index (χ1) is 16.8. The van der Waals surface area contributed by atoms with Crippen LogP contribution in [-0.4, -0.2) is 51.3 Å². The van der Waals surface area contributed by atoms with Crippen LogP contribution in [0.25, 0.3) is 0 Å². The molecule has 35 heavy (non-hydrogen) atoms. The highest BCUT2D eigenvalue weighted by atomic mass is 32.2. The summed E-state index contributed by atoms with van der Waals surface area (Å²) in [6.07, 6.45) is 16.2. The minimum atomic E-state index is -0.758. The molecule has 0 amide bonds. The van der Waals surface area contributed by atoms with E-state index in [1.165, 1.54) is 0 Å². The van der Waals surface area contributed by atoms with Gasteiger partial charge in [-0.2, -0.15) is 0 Å². The molecule has 1 aliphatic rings. The molecular weight excluding hydrogens is 460 g/mol. The molecule has 0 spiro atoms. The lowest BCUT2D eigenvalue weighted by atomic mass is 10.2. The van der Waals surface area contributed by atoms with Gasteiger partial charge in [0.25, 0.3) is 0 Å². The molecule has 6 nitrogen and oxygen atoms in total. The van der Waals surface area contributed by atoms with Crippen LogP contribution < -0.4 is 0 Å². The third kappa shape index (κ3) is 14.0. The van der Waals surface area contributed by atoms with Crippen molar-refractivity contribution < 1.29 is 19.1 Å². The largest absolute Gasteiger partial charge is 0.480 e. The number of thioether (sulfide) groups is 1. The molecule has 1 saturated heterocycles. The van der Waals surface area contributed by atoms with Gasteiger partial charge in [-0.15, -0.1) is 11.8 Å². The molecule has 1 fully saturated rings. The number of nitrogens with zero attached hydrogens (tertiary/aromatic N) is 2. The van der Waals surface area contributed by atoms with E-state index >= 15 is 0 Å². The maximum absolute atomic E-state index is 11.2. The number of oxazole rings is 1. The molecule has 0 aliphatic carbocycles. The predicted molar refractivity (Wildman–Crippen MR) is 149 cm³/mol. The number of carboxylic acid groups (broad SMARTS) is 1. The maximum atomic E-state index is 11.2. The summed E-state index contributed by atoms with van der Waals surface area (Å²) in [5, 5.41) is 9.21. The zero-order chi connectivity index (χ0) is 26.6. The summed E-state index contributed by atoms with van der Waals surface area (Å²) in [7, 11) is 0. The van der Waals surface area contributed by atoms with Gasteiger partial charge in [0.1, 0.15) is 17.5 Å². The van der Waals surface area contributed by atoms with Crippen molar-refractivity contribution in [1.82, 2.24) is 9.88 Å². The van der Waals surface area contributed by atoms with Crippen LogP contribution in [0.4, 0.5) is 0 Å². The van der Waals surface area contributed by atoms with Crippen molar-refractivity contribution in [2.75, 3.05) is 18.2 Å². The Labute approximate surface area is 216 Å². The first kappa shape index (κ1) is 32.7. The minimum absolute atomic E-state index is 0.0975. The fraction of sp³-hybridized carbons (Fsp3) is 0.500. The number of hydrogen-bond donors (Lipinski definition) is 1. The normalized spacial score (nSPS) is 17.3. The van der Waals surface area contributed by atoms with E-state index in [0.29, 0.717) is 31.2 Å². The Morgan fingerprint density at radius 1 is 1.34 bits per heavy atom. The van der Waals surface area contributed by atoms with Crippen molar-refractivity contribution in [1.29, 1.82) is 0 Å². The average Bonchev–Trinajstić information content (AvgIpc) is 3.45. The number of hydrogen-bond acceptors (Lipinski definition) is 6. The highest BCUT2D eigenvalue weighted by molar-refractivity contribution is 7.99. The van der Waals surface area contributed by atoms with Crippen LogP contribution >= 0.6 is 11.8 Å². The first-order valence-electron chi connectivity index (χ1n) is 12.1. The molecule has 1 N–H and O–H groups in total. The van der Waals surface area contributed by atoms with Crippen LogP contribution in [0.2, 0.25) is 0 Å². The zero-order valence-corrected chi connectivity index (χ0v) is 23.3. The van der Waals surface area contributed by atoms with Crippen molar-refractivity contribution in [2.45, 2.75) is 73.6 Å². The molecule has 2 heterocycles. The lowest BCUT2D eigenvalue weighted by molar-refractivity contribution is -0.141. The van der Waals surface area contributed by atoms with Crippen molar-refractivity contribution in [3.63, 3.8) is 0 Å². The van der Waals surface area contributed by atoms with Crippen LogP contribution in [0, 0.1) is 6.92 Å². The van der Waals surface area contributed by atoms with Crippen molar-refractivity contribution in [3.05, 3.63) is 78.1 Å². The molecule has 0 saturated carbocycles. The van der Waals surface area contributed by atoms with Crippen LogP contribution in [0.3, 0.4) is 0 Å². The molecule has 2 rings (SSSR count). The maximum Gasteiger partial charge on any atom is 0.321 e. The number of aliphatic carboxylic acids is 1. The van der Waals surface area contributed by atoms with Gasteiger partial charge in [-0.3, -0.25) is 9.69 Å². The third-order valence-corrected chi connectivity index (χ3v) is 5.88. The molecule has 1 aliphatic heterocycles. The Morgan fingerprint density at radius 2 is 2.03 bits per heavy atom. The molecule has 0 bridgehead atoms. The third-order valence-electron chi connectivity index (χ3n) is 4.81. The standard InChI is InChI=1S/C22H30N2O4S.C4H8.C2H6/c1-5-8-16(2)9-6-11-21-23-19(18(4)28-21)13-27-17(3)10-7-12-24-15-29-14-20(24)22(25)26;1-3-4-2;1-2/h5-10,17,20H,1,11-15H2,2-4H3,(H,25,26);3-4H,1-2H3;1-2H3/b9-6-,10-7+,16-8-;4-3-;. The van der Waals surface area contributed by atoms with Crippen molar-refractivity contribution in [3.8, 4) is 0 Å². The Bertz CT molecular complexity index is 851. The van der Waals surface area contributed by atoms with Gasteiger partial charge in [-0.05, 0) is 34.6 Å². The van der Waals surface area contributed by atoms with E-state index in [4.69, 9.17) is 9.15 Å². The van der Waals surface area contributed by atoms with E-state index in [1.807, 2.05) is 95.9 Å². The van der Waals surface area contributed by atoms with Gasteiger partial charge in [0, 0.05) is 24.6 Å². The van der Waals surface area contributed by atoms with Gasteiger partial charge < -0.3 is 14.3 Å². The Kier molecular flexibility index (Phi) is 18.6. The van der Waals surface area contributed by atoms with Crippen LogP contribution in [0.15, 0.2) is 65.2 Å². The van der Waals surface area contributed by atoms with Crippen molar-refractivity contribution >= 4 is 17.7 Å². The number of carbonyl (C=O) groups is 1. The highest BCUT2D eigenvalue weighted by Gasteiger charge is 2.29. The molecule has 1 aromatic rings. The summed E-state index contributed by atoms with van der Waals surface area (Å²) in [6, 6.07) is -0.401. The SMILES string of the molecule is C/C=C\C.C=C/C=C(C)\C=C/Cc1nc(COC(C)/C=C/CN2CSCC2C(=O)O)c(C)o1.CC.